The second-order valence-corrected chi connectivity index (χ2v) is 7.76. The van der Waals surface area contributed by atoms with Crippen LogP contribution in [0.15, 0.2) is 0 Å². The first-order valence-electron chi connectivity index (χ1n) is 11.6. The summed E-state index contributed by atoms with van der Waals surface area (Å²) in [7, 11) is 0. The van der Waals surface area contributed by atoms with Crippen molar-refractivity contribution in [1.29, 1.82) is 0 Å². The van der Waals surface area contributed by atoms with E-state index in [1.54, 1.807) is 0 Å². The fourth-order valence-electron chi connectivity index (χ4n) is 3.45. The molecule has 0 aromatic heterocycles. The SMILES string of the molecule is CCCCCCCCCCCCCCCCCCCCNCCC.Cl. The van der Waals surface area contributed by atoms with Gasteiger partial charge in [-0.2, -0.15) is 0 Å². The van der Waals surface area contributed by atoms with Gasteiger partial charge in [0.15, 0.2) is 0 Å². The number of unbranched alkanes of at least 4 members (excludes halogenated alkanes) is 17. The largest absolute Gasteiger partial charge is 0.317 e. The molecule has 2 heteroatoms. The standard InChI is InChI=1S/C23H49N.ClH/c1-3-5-6-7-8-9-10-11-12-13-14-15-16-17-18-19-20-21-23-24-22-4-2;/h24H,3-23H2,1-2H3;1H. The van der Waals surface area contributed by atoms with E-state index in [4.69, 9.17) is 0 Å². The molecule has 0 unspecified atom stereocenters. The molecular formula is C23H50ClN. The van der Waals surface area contributed by atoms with Gasteiger partial charge in [0, 0.05) is 0 Å². The van der Waals surface area contributed by atoms with Crippen LogP contribution in [0.25, 0.3) is 0 Å². The maximum absolute atomic E-state index is 3.49. The Kier molecular flexibility index (Phi) is 29.1. The first kappa shape index (κ1) is 27.5. The molecule has 0 saturated carbocycles. The Labute approximate surface area is 166 Å². The fraction of sp³-hybridized carbons (Fsp3) is 1.00. The summed E-state index contributed by atoms with van der Waals surface area (Å²) in [6.45, 7) is 6.96. The first-order valence-corrected chi connectivity index (χ1v) is 11.6. The van der Waals surface area contributed by atoms with E-state index in [2.05, 4.69) is 19.2 Å². The predicted octanol–water partition coefficient (Wildman–Crippen LogP) is 8.45. The van der Waals surface area contributed by atoms with Gasteiger partial charge in [-0.05, 0) is 25.9 Å². The zero-order chi connectivity index (χ0) is 17.6. The van der Waals surface area contributed by atoms with Gasteiger partial charge in [0.05, 0.1) is 0 Å². The molecule has 0 aliphatic rings. The second-order valence-electron chi connectivity index (χ2n) is 7.76. The Hall–Kier alpha value is 0.250. The third kappa shape index (κ3) is 26.6. The van der Waals surface area contributed by atoms with Gasteiger partial charge >= 0.3 is 0 Å². The van der Waals surface area contributed by atoms with E-state index >= 15 is 0 Å². The van der Waals surface area contributed by atoms with Crippen LogP contribution in [-0.4, -0.2) is 13.1 Å². The van der Waals surface area contributed by atoms with Crippen LogP contribution in [-0.2, 0) is 0 Å². The van der Waals surface area contributed by atoms with Crippen molar-refractivity contribution in [3.63, 3.8) is 0 Å². The van der Waals surface area contributed by atoms with Gasteiger partial charge in [0.25, 0.3) is 0 Å². The Morgan fingerprint density at radius 3 is 1.00 bits per heavy atom. The molecule has 0 rings (SSSR count). The monoisotopic (exact) mass is 375 g/mol. The smallest absolute Gasteiger partial charge is 0.00489 e. The van der Waals surface area contributed by atoms with Gasteiger partial charge < -0.3 is 5.32 Å². The van der Waals surface area contributed by atoms with Crippen LogP contribution in [0.2, 0.25) is 0 Å². The van der Waals surface area contributed by atoms with Crippen molar-refractivity contribution in [2.45, 2.75) is 136 Å². The van der Waals surface area contributed by atoms with Gasteiger partial charge in [-0.15, -0.1) is 12.4 Å². The van der Waals surface area contributed by atoms with Gasteiger partial charge in [0.2, 0.25) is 0 Å². The minimum atomic E-state index is 0. The highest BCUT2D eigenvalue weighted by Gasteiger charge is 1.95. The van der Waals surface area contributed by atoms with E-state index in [1.807, 2.05) is 0 Å². The van der Waals surface area contributed by atoms with Crippen LogP contribution in [0.1, 0.15) is 136 Å². The summed E-state index contributed by atoms with van der Waals surface area (Å²) in [4.78, 5) is 0. The van der Waals surface area contributed by atoms with Gasteiger partial charge in [-0.1, -0.05) is 123 Å². The zero-order valence-electron chi connectivity index (χ0n) is 17.8. The molecule has 0 saturated heterocycles. The molecule has 0 atom stereocenters. The molecule has 154 valence electrons. The lowest BCUT2D eigenvalue weighted by molar-refractivity contribution is 0.522. The van der Waals surface area contributed by atoms with Crippen molar-refractivity contribution in [3.8, 4) is 0 Å². The average molecular weight is 376 g/mol. The number of halogens is 1. The molecule has 1 N–H and O–H groups in total. The maximum atomic E-state index is 3.49. The topological polar surface area (TPSA) is 12.0 Å². The van der Waals surface area contributed by atoms with Crippen molar-refractivity contribution in [2.75, 3.05) is 13.1 Å². The normalized spacial score (nSPS) is 10.8. The molecule has 1 nitrogen and oxygen atoms in total. The van der Waals surface area contributed by atoms with E-state index in [1.165, 1.54) is 135 Å². The average Bonchev–Trinajstić information content (AvgIpc) is 2.60. The van der Waals surface area contributed by atoms with Crippen LogP contribution in [0.4, 0.5) is 0 Å². The second kappa shape index (κ2) is 26.5. The third-order valence-electron chi connectivity index (χ3n) is 5.13. The van der Waals surface area contributed by atoms with Crippen molar-refractivity contribution in [1.82, 2.24) is 5.32 Å². The lowest BCUT2D eigenvalue weighted by Crippen LogP contribution is -2.15. The van der Waals surface area contributed by atoms with Crippen LogP contribution in [0, 0.1) is 0 Å². The van der Waals surface area contributed by atoms with Gasteiger partial charge in [-0.25, -0.2) is 0 Å². The predicted molar refractivity (Wildman–Crippen MR) is 119 cm³/mol. The minimum absolute atomic E-state index is 0. The molecule has 25 heavy (non-hydrogen) atoms. The lowest BCUT2D eigenvalue weighted by Gasteiger charge is -2.04. The van der Waals surface area contributed by atoms with E-state index < -0.39 is 0 Å². The van der Waals surface area contributed by atoms with E-state index in [0.29, 0.717) is 0 Å². The zero-order valence-corrected chi connectivity index (χ0v) is 18.6. The van der Waals surface area contributed by atoms with Crippen LogP contribution < -0.4 is 5.32 Å². The van der Waals surface area contributed by atoms with E-state index in [-0.39, 0.29) is 12.4 Å². The van der Waals surface area contributed by atoms with Crippen molar-refractivity contribution in [3.05, 3.63) is 0 Å². The highest BCUT2D eigenvalue weighted by atomic mass is 35.5. The first-order chi connectivity index (χ1) is 11.9. The number of hydrogen-bond acceptors (Lipinski definition) is 1. The van der Waals surface area contributed by atoms with Gasteiger partial charge in [-0.3, -0.25) is 0 Å². The summed E-state index contributed by atoms with van der Waals surface area (Å²) in [5, 5.41) is 3.49. The van der Waals surface area contributed by atoms with Crippen molar-refractivity contribution in [2.24, 2.45) is 0 Å². The molecule has 0 heterocycles. The molecule has 0 aliphatic heterocycles. The van der Waals surface area contributed by atoms with Crippen molar-refractivity contribution >= 4 is 12.4 Å². The quantitative estimate of drug-likeness (QED) is 0.198. The van der Waals surface area contributed by atoms with Crippen LogP contribution in [0.3, 0.4) is 0 Å². The van der Waals surface area contributed by atoms with Crippen molar-refractivity contribution < 1.29 is 0 Å². The summed E-state index contributed by atoms with van der Waals surface area (Å²) >= 11 is 0. The molecule has 0 aliphatic carbocycles. The maximum Gasteiger partial charge on any atom is -0.00489 e. The number of hydrogen-bond donors (Lipinski definition) is 1. The number of nitrogens with one attached hydrogen (secondary N) is 1. The molecule has 0 aromatic carbocycles. The minimum Gasteiger partial charge on any atom is -0.317 e. The highest BCUT2D eigenvalue weighted by molar-refractivity contribution is 5.85. The Balaban J connectivity index is 0. The summed E-state index contributed by atoms with van der Waals surface area (Å²) in [5.74, 6) is 0. The van der Waals surface area contributed by atoms with E-state index in [9.17, 15) is 0 Å². The summed E-state index contributed by atoms with van der Waals surface area (Å²) < 4.78 is 0. The Morgan fingerprint density at radius 1 is 0.360 bits per heavy atom. The molecule has 0 aromatic rings. The van der Waals surface area contributed by atoms with Gasteiger partial charge in [0.1, 0.15) is 0 Å². The third-order valence-corrected chi connectivity index (χ3v) is 5.13. The molecule has 0 bridgehead atoms. The molecule has 0 radical (unpaired) electrons. The van der Waals surface area contributed by atoms with E-state index in [0.717, 1.165) is 0 Å². The Morgan fingerprint density at radius 2 is 0.680 bits per heavy atom. The highest BCUT2D eigenvalue weighted by Crippen LogP contribution is 2.14. The molecule has 0 spiro atoms. The number of rotatable bonds is 21. The summed E-state index contributed by atoms with van der Waals surface area (Å²) in [6.07, 6.45) is 27.6. The summed E-state index contributed by atoms with van der Waals surface area (Å²) in [5.41, 5.74) is 0. The molecule has 0 amide bonds. The van der Waals surface area contributed by atoms with Crippen LogP contribution >= 0.6 is 12.4 Å². The Bertz CT molecular complexity index is 186. The molecular weight excluding hydrogens is 326 g/mol. The fourth-order valence-corrected chi connectivity index (χ4v) is 3.45. The lowest BCUT2D eigenvalue weighted by atomic mass is 10.0. The summed E-state index contributed by atoms with van der Waals surface area (Å²) in [6, 6.07) is 0. The molecule has 0 fully saturated rings. The van der Waals surface area contributed by atoms with Crippen LogP contribution in [0.5, 0.6) is 0 Å².